The van der Waals surface area contributed by atoms with Crippen LogP contribution in [0.25, 0.3) is 0 Å². The van der Waals surface area contributed by atoms with Crippen LogP contribution in [0.15, 0.2) is 0 Å². The van der Waals surface area contributed by atoms with Gasteiger partial charge in [-0.05, 0) is 26.8 Å². The first-order chi connectivity index (χ1) is 6.79. The van der Waals surface area contributed by atoms with Gasteiger partial charge in [0.2, 0.25) is 0 Å². The molecule has 0 unspecified atom stereocenters. The van der Waals surface area contributed by atoms with Gasteiger partial charge in [0.1, 0.15) is 0 Å². The lowest BCUT2D eigenvalue weighted by Crippen LogP contribution is -2.44. The molecular formula is C10H22ClN3O. The molecule has 0 radical (unpaired) electrons. The molecule has 0 aromatic carbocycles. The molecule has 1 aliphatic rings. The van der Waals surface area contributed by atoms with E-state index in [0.717, 1.165) is 45.7 Å². The van der Waals surface area contributed by atoms with Crippen molar-refractivity contribution in [3.8, 4) is 0 Å². The van der Waals surface area contributed by atoms with Crippen LogP contribution >= 0.6 is 12.4 Å². The first kappa shape index (κ1) is 14.5. The van der Waals surface area contributed by atoms with Crippen LogP contribution in [-0.4, -0.2) is 55.1 Å². The van der Waals surface area contributed by atoms with E-state index in [1.54, 1.807) is 0 Å². The predicted molar refractivity (Wildman–Crippen MR) is 64.6 cm³/mol. The van der Waals surface area contributed by atoms with E-state index in [1.165, 1.54) is 0 Å². The van der Waals surface area contributed by atoms with Gasteiger partial charge in [-0.2, -0.15) is 0 Å². The fraction of sp³-hybridized carbons (Fsp3) is 0.900. The van der Waals surface area contributed by atoms with Crippen molar-refractivity contribution < 1.29 is 4.79 Å². The summed E-state index contributed by atoms with van der Waals surface area (Å²) in [5.41, 5.74) is 0. The molecule has 0 saturated carbocycles. The molecule has 2 amide bonds. The van der Waals surface area contributed by atoms with Crippen molar-refractivity contribution in [2.24, 2.45) is 0 Å². The molecule has 1 heterocycles. The van der Waals surface area contributed by atoms with Gasteiger partial charge in [0, 0.05) is 32.7 Å². The molecule has 0 aromatic rings. The van der Waals surface area contributed by atoms with Crippen molar-refractivity contribution in [1.82, 2.24) is 15.1 Å². The fourth-order valence-corrected chi connectivity index (χ4v) is 1.73. The summed E-state index contributed by atoms with van der Waals surface area (Å²) in [6.45, 7) is 9.35. The average Bonchev–Trinajstić information content (AvgIpc) is 2.47. The summed E-state index contributed by atoms with van der Waals surface area (Å²) < 4.78 is 0. The lowest BCUT2D eigenvalue weighted by Gasteiger charge is -2.27. The van der Waals surface area contributed by atoms with E-state index in [-0.39, 0.29) is 18.4 Å². The van der Waals surface area contributed by atoms with E-state index < -0.39 is 0 Å². The van der Waals surface area contributed by atoms with Crippen molar-refractivity contribution in [1.29, 1.82) is 0 Å². The number of hydrogen-bond donors (Lipinski definition) is 1. The summed E-state index contributed by atoms with van der Waals surface area (Å²) in [6.07, 6.45) is 1.06. The third kappa shape index (κ3) is 4.26. The Morgan fingerprint density at radius 1 is 1.27 bits per heavy atom. The van der Waals surface area contributed by atoms with E-state index in [4.69, 9.17) is 0 Å². The van der Waals surface area contributed by atoms with Crippen LogP contribution in [0.4, 0.5) is 4.79 Å². The molecule has 1 rings (SSSR count). The minimum absolute atomic E-state index is 0. The van der Waals surface area contributed by atoms with Crippen LogP contribution in [0.1, 0.15) is 20.3 Å². The Bertz CT molecular complexity index is 178. The van der Waals surface area contributed by atoms with E-state index in [1.807, 2.05) is 23.6 Å². The third-order valence-corrected chi connectivity index (χ3v) is 2.64. The first-order valence-electron chi connectivity index (χ1n) is 5.54. The minimum atomic E-state index is 0. The highest BCUT2D eigenvalue weighted by Gasteiger charge is 2.18. The molecule has 0 spiro atoms. The standard InChI is InChI=1S/C10H21N3O.ClH/c1-3-12(4-2)10(14)13-8-5-6-11-7-9-13;/h11H,3-9H2,1-2H3;1H. The molecule has 4 nitrogen and oxygen atoms in total. The maximum atomic E-state index is 11.9. The Morgan fingerprint density at radius 2 is 1.93 bits per heavy atom. The lowest BCUT2D eigenvalue weighted by molar-refractivity contribution is 0.160. The molecule has 90 valence electrons. The van der Waals surface area contributed by atoms with Crippen molar-refractivity contribution in [3.05, 3.63) is 0 Å². The summed E-state index contributed by atoms with van der Waals surface area (Å²) in [6, 6.07) is 0.193. The van der Waals surface area contributed by atoms with Gasteiger partial charge in [-0.1, -0.05) is 0 Å². The fourth-order valence-electron chi connectivity index (χ4n) is 1.73. The zero-order valence-corrected chi connectivity index (χ0v) is 10.5. The second-order valence-electron chi connectivity index (χ2n) is 3.55. The highest BCUT2D eigenvalue weighted by Crippen LogP contribution is 2.01. The topological polar surface area (TPSA) is 35.6 Å². The van der Waals surface area contributed by atoms with Gasteiger partial charge in [0.15, 0.2) is 0 Å². The number of carbonyl (C=O) groups is 1. The molecule has 0 aromatic heterocycles. The third-order valence-electron chi connectivity index (χ3n) is 2.64. The number of rotatable bonds is 2. The number of nitrogens with zero attached hydrogens (tertiary/aromatic N) is 2. The number of carbonyl (C=O) groups excluding carboxylic acids is 1. The smallest absolute Gasteiger partial charge is 0.320 e. The zero-order valence-electron chi connectivity index (χ0n) is 9.66. The Kier molecular flexibility index (Phi) is 7.52. The Balaban J connectivity index is 0.00000196. The van der Waals surface area contributed by atoms with E-state index in [0.29, 0.717) is 0 Å². The van der Waals surface area contributed by atoms with Crippen LogP contribution in [0.3, 0.4) is 0 Å². The molecule has 0 atom stereocenters. The molecule has 5 heteroatoms. The summed E-state index contributed by atoms with van der Waals surface area (Å²) in [5.74, 6) is 0. The summed E-state index contributed by atoms with van der Waals surface area (Å²) >= 11 is 0. The average molecular weight is 236 g/mol. The molecule has 15 heavy (non-hydrogen) atoms. The zero-order chi connectivity index (χ0) is 10.4. The maximum Gasteiger partial charge on any atom is 0.320 e. The predicted octanol–water partition coefficient (Wildman–Crippen LogP) is 1.17. The molecule has 0 aliphatic carbocycles. The van der Waals surface area contributed by atoms with E-state index in [2.05, 4.69) is 5.32 Å². The number of hydrogen-bond acceptors (Lipinski definition) is 2. The molecule has 0 bridgehead atoms. The van der Waals surface area contributed by atoms with Gasteiger partial charge < -0.3 is 15.1 Å². The summed E-state index contributed by atoms with van der Waals surface area (Å²) in [4.78, 5) is 15.8. The minimum Gasteiger partial charge on any atom is -0.325 e. The van der Waals surface area contributed by atoms with E-state index in [9.17, 15) is 4.79 Å². The monoisotopic (exact) mass is 235 g/mol. The molecular weight excluding hydrogens is 214 g/mol. The number of amides is 2. The van der Waals surface area contributed by atoms with Crippen LogP contribution in [0.2, 0.25) is 0 Å². The number of nitrogens with one attached hydrogen (secondary N) is 1. The Morgan fingerprint density at radius 3 is 2.53 bits per heavy atom. The highest BCUT2D eigenvalue weighted by atomic mass is 35.5. The summed E-state index contributed by atoms with van der Waals surface area (Å²) in [5, 5.41) is 3.29. The largest absolute Gasteiger partial charge is 0.325 e. The number of urea groups is 1. The van der Waals surface area contributed by atoms with Crippen LogP contribution in [0, 0.1) is 0 Å². The normalized spacial score (nSPS) is 16.5. The second kappa shape index (κ2) is 7.77. The Labute approximate surface area is 98.4 Å². The quantitative estimate of drug-likeness (QED) is 0.780. The van der Waals surface area contributed by atoms with Gasteiger partial charge in [0.25, 0.3) is 0 Å². The number of halogens is 1. The van der Waals surface area contributed by atoms with Gasteiger partial charge >= 0.3 is 6.03 Å². The van der Waals surface area contributed by atoms with Crippen LogP contribution in [-0.2, 0) is 0 Å². The SMILES string of the molecule is CCN(CC)C(=O)N1CCCNCC1.Cl. The lowest BCUT2D eigenvalue weighted by atomic mass is 10.4. The molecule has 1 N–H and O–H groups in total. The van der Waals surface area contributed by atoms with E-state index >= 15 is 0 Å². The van der Waals surface area contributed by atoms with Crippen molar-refractivity contribution >= 4 is 18.4 Å². The van der Waals surface area contributed by atoms with Crippen molar-refractivity contribution in [3.63, 3.8) is 0 Å². The first-order valence-corrected chi connectivity index (χ1v) is 5.54. The highest BCUT2D eigenvalue weighted by molar-refractivity contribution is 5.85. The van der Waals surface area contributed by atoms with Gasteiger partial charge in [0.05, 0.1) is 0 Å². The van der Waals surface area contributed by atoms with Gasteiger partial charge in [-0.25, -0.2) is 4.79 Å². The van der Waals surface area contributed by atoms with Crippen molar-refractivity contribution in [2.75, 3.05) is 39.3 Å². The summed E-state index contributed by atoms with van der Waals surface area (Å²) in [7, 11) is 0. The van der Waals surface area contributed by atoms with Gasteiger partial charge in [-0.15, -0.1) is 12.4 Å². The maximum absolute atomic E-state index is 11.9. The van der Waals surface area contributed by atoms with Crippen LogP contribution in [0.5, 0.6) is 0 Å². The van der Waals surface area contributed by atoms with Crippen molar-refractivity contribution in [2.45, 2.75) is 20.3 Å². The molecule has 1 saturated heterocycles. The van der Waals surface area contributed by atoms with Crippen LogP contribution < -0.4 is 5.32 Å². The molecule has 1 aliphatic heterocycles. The second-order valence-corrected chi connectivity index (χ2v) is 3.55. The Hall–Kier alpha value is -0.480. The molecule has 1 fully saturated rings. The van der Waals surface area contributed by atoms with Gasteiger partial charge in [-0.3, -0.25) is 0 Å².